The Balaban J connectivity index is 1.84. The van der Waals surface area contributed by atoms with Gasteiger partial charge in [0.05, 0.1) is 5.56 Å². The normalized spacial score (nSPS) is 17.8. The summed E-state index contributed by atoms with van der Waals surface area (Å²) in [5.74, 6) is 0.0830. The lowest BCUT2D eigenvalue weighted by molar-refractivity contribution is -0.137. The van der Waals surface area contributed by atoms with Gasteiger partial charge in [0.1, 0.15) is 5.60 Å². The van der Waals surface area contributed by atoms with Gasteiger partial charge in [0.15, 0.2) is 0 Å². The summed E-state index contributed by atoms with van der Waals surface area (Å²) < 4.78 is 43.0. The summed E-state index contributed by atoms with van der Waals surface area (Å²) >= 11 is 0. The summed E-state index contributed by atoms with van der Waals surface area (Å²) in [6.45, 7) is 6.72. The minimum absolute atomic E-state index is 0.0830. The van der Waals surface area contributed by atoms with Gasteiger partial charge in [-0.05, 0) is 63.8 Å². The number of alkyl carbamates (subject to hydrolysis) is 1. The average Bonchev–Trinajstić information content (AvgIpc) is 2.58. The molecule has 1 heterocycles. The number of urea groups is 1. The van der Waals surface area contributed by atoms with Crippen molar-refractivity contribution in [3.05, 3.63) is 29.8 Å². The fourth-order valence-electron chi connectivity index (χ4n) is 2.90. The van der Waals surface area contributed by atoms with Crippen molar-refractivity contribution in [3.63, 3.8) is 0 Å². The number of carbonyl (C=O) groups is 2. The van der Waals surface area contributed by atoms with Gasteiger partial charge in [-0.1, -0.05) is 0 Å². The van der Waals surface area contributed by atoms with Gasteiger partial charge < -0.3 is 20.3 Å². The maximum absolute atomic E-state index is 12.6. The summed E-state index contributed by atoms with van der Waals surface area (Å²) in [6, 6.07) is 3.94. The van der Waals surface area contributed by atoms with E-state index in [1.807, 2.05) is 0 Å². The number of likely N-dealkylation sites (tertiary alicyclic amines) is 1. The Morgan fingerprint density at radius 2 is 1.82 bits per heavy atom. The smallest absolute Gasteiger partial charge is 0.416 e. The molecule has 156 valence electrons. The largest absolute Gasteiger partial charge is 0.444 e. The van der Waals surface area contributed by atoms with Crippen LogP contribution in [0, 0.1) is 5.92 Å². The molecular formula is C19H26F3N3O3. The highest BCUT2D eigenvalue weighted by Crippen LogP contribution is 2.30. The molecule has 2 N–H and O–H groups in total. The van der Waals surface area contributed by atoms with Crippen LogP contribution in [0.5, 0.6) is 0 Å². The fourth-order valence-corrected chi connectivity index (χ4v) is 2.90. The van der Waals surface area contributed by atoms with Crippen molar-refractivity contribution in [1.29, 1.82) is 0 Å². The molecule has 0 spiro atoms. The number of benzene rings is 1. The van der Waals surface area contributed by atoms with E-state index in [2.05, 4.69) is 10.6 Å². The van der Waals surface area contributed by atoms with Crippen molar-refractivity contribution in [1.82, 2.24) is 10.2 Å². The van der Waals surface area contributed by atoms with E-state index in [9.17, 15) is 22.8 Å². The molecule has 3 amide bonds. The highest BCUT2D eigenvalue weighted by molar-refractivity contribution is 5.89. The molecule has 2 rings (SSSR count). The average molecular weight is 401 g/mol. The van der Waals surface area contributed by atoms with Crippen LogP contribution in [-0.4, -0.2) is 42.3 Å². The lowest BCUT2D eigenvalue weighted by Gasteiger charge is -2.33. The molecule has 0 saturated carbocycles. The zero-order chi connectivity index (χ0) is 20.9. The molecule has 1 atom stereocenters. The second-order valence-electron chi connectivity index (χ2n) is 7.84. The third kappa shape index (κ3) is 6.94. The molecule has 1 aliphatic rings. The van der Waals surface area contributed by atoms with Gasteiger partial charge in [0, 0.05) is 25.3 Å². The maximum Gasteiger partial charge on any atom is 0.416 e. The molecule has 6 nitrogen and oxygen atoms in total. The third-order valence-corrected chi connectivity index (χ3v) is 4.20. The highest BCUT2D eigenvalue weighted by atomic mass is 19.4. The lowest BCUT2D eigenvalue weighted by atomic mass is 9.98. The number of alkyl halides is 3. The summed E-state index contributed by atoms with van der Waals surface area (Å²) in [5, 5.41) is 5.33. The van der Waals surface area contributed by atoms with Gasteiger partial charge in [0.2, 0.25) is 0 Å². The standard InChI is InChI=1S/C19H26F3N3O3/c1-18(2,3)28-17(27)23-11-13-5-4-10-25(12-13)16(26)24-15-8-6-14(7-9-15)19(20,21)22/h6-9,13H,4-5,10-12H2,1-3H3,(H,23,27)(H,24,26). The monoisotopic (exact) mass is 401 g/mol. The molecule has 0 radical (unpaired) electrons. The van der Waals surface area contributed by atoms with Gasteiger partial charge in [-0.3, -0.25) is 0 Å². The van der Waals surface area contributed by atoms with Crippen molar-refractivity contribution < 1.29 is 27.5 Å². The Bertz CT molecular complexity index is 684. The molecule has 0 bridgehead atoms. The van der Waals surface area contributed by atoms with Crippen molar-refractivity contribution in [2.45, 2.75) is 45.4 Å². The van der Waals surface area contributed by atoms with Crippen LogP contribution in [0.1, 0.15) is 39.2 Å². The van der Waals surface area contributed by atoms with Crippen LogP contribution in [0.15, 0.2) is 24.3 Å². The van der Waals surface area contributed by atoms with Crippen molar-refractivity contribution in [3.8, 4) is 0 Å². The maximum atomic E-state index is 12.6. The van der Waals surface area contributed by atoms with E-state index in [0.29, 0.717) is 25.3 Å². The van der Waals surface area contributed by atoms with Gasteiger partial charge in [-0.2, -0.15) is 13.2 Å². The highest BCUT2D eigenvalue weighted by Gasteiger charge is 2.30. The zero-order valence-corrected chi connectivity index (χ0v) is 16.2. The zero-order valence-electron chi connectivity index (χ0n) is 16.2. The Morgan fingerprint density at radius 3 is 2.39 bits per heavy atom. The Morgan fingerprint density at radius 1 is 1.18 bits per heavy atom. The SMILES string of the molecule is CC(C)(C)OC(=O)NCC1CCCN(C(=O)Nc2ccc(C(F)(F)F)cc2)C1. The number of ether oxygens (including phenoxy) is 1. The Hall–Kier alpha value is -2.45. The minimum Gasteiger partial charge on any atom is -0.444 e. The predicted octanol–water partition coefficient (Wildman–Crippen LogP) is 4.47. The molecule has 1 aromatic carbocycles. The van der Waals surface area contributed by atoms with Crippen molar-refractivity contribution in [2.75, 3.05) is 25.0 Å². The van der Waals surface area contributed by atoms with Crippen molar-refractivity contribution >= 4 is 17.8 Å². The summed E-state index contributed by atoms with van der Waals surface area (Å²) in [4.78, 5) is 25.8. The van der Waals surface area contributed by atoms with Gasteiger partial charge >= 0.3 is 18.3 Å². The number of nitrogens with zero attached hydrogens (tertiary/aromatic N) is 1. The first-order valence-corrected chi connectivity index (χ1v) is 9.14. The number of nitrogens with one attached hydrogen (secondary N) is 2. The number of halogens is 3. The first-order chi connectivity index (χ1) is 12.9. The van der Waals surface area contributed by atoms with E-state index in [0.717, 1.165) is 25.0 Å². The number of carbonyl (C=O) groups excluding carboxylic acids is 2. The van der Waals surface area contributed by atoms with Crippen LogP contribution >= 0.6 is 0 Å². The fraction of sp³-hybridized carbons (Fsp3) is 0.579. The molecule has 0 aliphatic carbocycles. The van der Waals surface area contributed by atoms with Gasteiger partial charge in [-0.25, -0.2) is 9.59 Å². The summed E-state index contributed by atoms with van der Waals surface area (Å²) in [5.41, 5.74) is -1.05. The first-order valence-electron chi connectivity index (χ1n) is 9.14. The Labute approximate surface area is 162 Å². The topological polar surface area (TPSA) is 70.7 Å². The molecule has 1 fully saturated rings. The van der Waals surface area contributed by atoms with Gasteiger partial charge in [0.25, 0.3) is 0 Å². The molecule has 0 aromatic heterocycles. The van der Waals surface area contributed by atoms with Crippen LogP contribution < -0.4 is 10.6 Å². The van der Waals surface area contributed by atoms with Crippen LogP contribution in [0.3, 0.4) is 0 Å². The van der Waals surface area contributed by atoms with E-state index in [1.54, 1.807) is 25.7 Å². The van der Waals surface area contributed by atoms with Gasteiger partial charge in [-0.15, -0.1) is 0 Å². The van der Waals surface area contributed by atoms with E-state index in [1.165, 1.54) is 12.1 Å². The minimum atomic E-state index is -4.41. The number of hydrogen-bond acceptors (Lipinski definition) is 3. The van der Waals surface area contributed by atoms with Crippen LogP contribution in [-0.2, 0) is 10.9 Å². The molecular weight excluding hydrogens is 375 g/mol. The van der Waals surface area contributed by atoms with Crippen LogP contribution in [0.2, 0.25) is 0 Å². The third-order valence-electron chi connectivity index (χ3n) is 4.20. The summed E-state index contributed by atoms with van der Waals surface area (Å²) in [7, 11) is 0. The molecule has 1 aliphatic heterocycles. The summed E-state index contributed by atoms with van der Waals surface area (Å²) in [6.07, 6.45) is -3.27. The number of amides is 3. The van der Waals surface area contributed by atoms with Crippen molar-refractivity contribution in [2.24, 2.45) is 5.92 Å². The van der Waals surface area contributed by atoms with E-state index >= 15 is 0 Å². The van der Waals surface area contributed by atoms with Crippen LogP contribution in [0.25, 0.3) is 0 Å². The lowest BCUT2D eigenvalue weighted by Crippen LogP contribution is -2.45. The van der Waals surface area contributed by atoms with Crippen LogP contribution in [0.4, 0.5) is 28.4 Å². The van der Waals surface area contributed by atoms with E-state index in [4.69, 9.17) is 4.74 Å². The predicted molar refractivity (Wildman–Crippen MR) is 99.0 cm³/mol. The first kappa shape index (κ1) is 21.8. The second kappa shape index (κ2) is 8.70. The van der Waals surface area contributed by atoms with E-state index < -0.39 is 23.4 Å². The molecule has 1 unspecified atom stereocenters. The molecule has 1 saturated heterocycles. The second-order valence-corrected chi connectivity index (χ2v) is 7.84. The number of piperidine rings is 1. The Kier molecular flexibility index (Phi) is 6.79. The number of hydrogen-bond donors (Lipinski definition) is 2. The molecule has 28 heavy (non-hydrogen) atoms. The van der Waals surface area contributed by atoms with E-state index in [-0.39, 0.29) is 11.9 Å². The molecule has 1 aromatic rings. The quantitative estimate of drug-likeness (QED) is 0.785. The number of rotatable bonds is 3. The molecule has 9 heteroatoms. The number of anilines is 1.